The highest BCUT2D eigenvalue weighted by Crippen LogP contribution is 2.42. The van der Waals surface area contributed by atoms with E-state index in [2.05, 4.69) is 230 Å². The number of likely N-dealkylation sites (tertiary alicyclic amines) is 4. The lowest BCUT2D eigenvalue weighted by Crippen LogP contribution is -2.39. The Hall–Kier alpha value is -12.4. The summed E-state index contributed by atoms with van der Waals surface area (Å²) in [7, 11) is 22.1. The molecule has 8 fully saturated rings. The number of nitrogens with zero attached hydrogens (tertiary/aromatic N) is 20. The van der Waals surface area contributed by atoms with Gasteiger partial charge in [-0.1, -0.05) is 121 Å². The molecule has 8 aliphatic heterocycles. The maximum Gasteiger partial charge on any atom is 0.227 e. The Bertz CT molecular complexity index is 5330. The van der Waals surface area contributed by atoms with E-state index in [4.69, 9.17) is 77.8 Å². The molecule has 32 heteroatoms. The fourth-order valence-corrected chi connectivity index (χ4v) is 20.8. The van der Waals surface area contributed by atoms with E-state index in [0.29, 0.717) is 70.2 Å². The van der Waals surface area contributed by atoms with Gasteiger partial charge in [-0.25, -0.2) is 19.9 Å². The van der Waals surface area contributed by atoms with E-state index in [0.717, 1.165) is 351 Å². The van der Waals surface area contributed by atoms with Crippen LogP contribution in [0, 0.1) is 0 Å². The van der Waals surface area contributed by atoms with Crippen LogP contribution in [0.4, 0.5) is 47.1 Å². The number of nitrogens with one attached hydrogen (secondary N) is 4. The molecule has 0 aliphatic carbocycles. The van der Waals surface area contributed by atoms with Crippen molar-refractivity contribution in [1.82, 2.24) is 79.1 Å². The molecular weight excluding hydrogens is 1810 g/mol. The number of hydrogen-bond donors (Lipinski definition) is 4. The van der Waals surface area contributed by atoms with Crippen LogP contribution in [0.5, 0.6) is 46.0 Å². The summed E-state index contributed by atoms with van der Waals surface area (Å²) >= 11 is 0. The maximum atomic E-state index is 5.60. The van der Waals surface area contributed by atoms with Gasteiger partial charge >= 0.3 is 0 Å². The van der Waals surface area contributed by atoms with Crippen LogP contribution in [0.15, 0.2) is 170 Å². The SMILES string of the molecule is COc1cc2nc(N3CCCN(C)CC3)nc(NC3CCN(Cc4ccccc4)CC3)c2cc1OC.COc1cc2nc(N3CCCN(C)CC3)nc(NC3CCN(Cc4ccccc4)CC3)c2cc1OC.COc1cc2nc(N3CCCN(C)CC3)nc(NC3CCN(Cc4ccccc4)CC3)c2cc1OC.COc1cc2nc(N3CCCN(C)CC3)nc(NC3CCN(Cc4ccccc4)CC3)c2cc1OC. The molecule has 20 rings (SSSR count). The molecule has 0 unspecified atom stereocenters. The van der Waals surface area contributed by atoms with Gasteiger partial charge in [-0.2, -0.15) is 19.9 Å². The molecule has 12 aromatic rings. The first kappa shape index (κ1) is 103. The number of anilines is 8. The molecule has 768 valence electrons. The number of piperidine rings is 4. The first-order valence-electron chi connectivity index (χ1n) is 52.1. The van der Waals surface area contributed by atoms with Crippen molar-refractivity contribution < 1.29 is 37.9 Å². The van der Waals surface area contributed by atoms with Crippen LogP contribution in [-0.2, 0) is 26.2 Å². The highest BCUT2D eigenvalue weighted by Gasteiger charge is 2.32. The molecule has 8 saturated heterocycles. The van der Waals surface area contributed by atoms with E-state index in [1.165, 1.54) is 22.3 Å². The summed E-state index contributed by atoms with van der Waals surface area (Å²) in [5.41, 5.74) is 9.00. The average Bonchev–Trinajstić information content (AvgIpc) is 0.937. The number of hydrogen-bond acceptors (Lipinski definition) is 32. The lowest BCUT2D eigenvalue weighted by atomic mass is 10.0. The minimum atomic E-state index is 0.367. The Morgan fingerprint density at radius 2 is 0.410 bits per heavy atom. The van der Waals surface area contributed by atoms with Crippen LogP contribution < -0.4 is 78.8 Å². The number of ether oxygens (including phenoxy) is 8. The smallest absolute Gasteiger partial charge is 0.227 e. The van der Waals surface area contributed by atoms with Gasteiger partial charge in [0.15, 0.2) is 46.0 Å². The third-order valence-corrected chi connectivity index (χ3v) is 29.5. The number of rotatable bonds is 28. The van der Waals surface area contributed by atoms with Gasteiger partial charge in [0.1, 0.15) is 23.3 Å². The number of likely N-dealkylation sites (N-methyl/N-ethyl adjacent to an activating group) is 4. The van der Waals surface area contributed by atoms with E-state index < -0.39 is 0 Å². The molecule has 0 bridgehead atoms. The Labute approximate surface area is 851 Å². The van der Waals surface area contributed by atoms with Gasteiger partial charge in [0.25, 0.3) is 0 Å². The highest BCUT2D eigenvalue weighted by atomic mass is 16.5. The van der Waals surface area contributed by atoms with Crippen molar-refractivity contribution in [3.05, 3.63) is 192 Å². The molecule has 0 spiro atoms. The minimum Gasteiger partial charge on any atom is -0.493 e. The van der Waals surface area contributed by atoms with Crippen LogP contribution in [-0.4, -0.2) is 345 Å². The fourth-order valence-electron chi connectivity index (χ4n) is 20.8. The third kappa shape index (κ3) is 27.4. The molecule has 144 heavy (non-hydrogen) atoms. The topological polar surface area (TPSA) is 264 Å². The van der Waals surface area contributed by atoms with Gasteiger partial charge in [0.05, 0.1) is 78.9 Å². The Kier molecular flexibility index (Phi) is 36.4. The quantitative estimate of drug-likeness (QED) is 0.0355. The molecular formula is C112H152N24O8. The second-order valence-electron chi connectivity index (χ2n) is 39.7. The van der Waals surface area contributed by atoms with Crippen molar-refractivity contribution in [3.8, 4) is 46.0 Å². The Morgan fingerprint density at radius 3 is 0.597 bits per heavy atom. The zero-order valence-corrected chi connectivity index (χ0v) is 87.0. The van der Waals surface area contributed by atoms with Crippen molar-refractivity contribution in [2.45, 2.75) is 127 Å². The number of methoxy groups -OCH3 is 8. The van der Waals surface area contributed by atoms with E-state index in [1.54, 1.807) is 56.9 Å². The van der Waals surface area contributed by atoms with Crippen molar-refractivity contribution in [2.24, 2.45) is 0 Å². The standard InChI is InChI=1S/4C28H38N6O2/c4*1-32-12-7-13-34(17-16-32)28-30-24-19-26(36-3)25(35-2)18-23(24)27(31-28)29-22-10-14-33(15-11-22)20-21-8-5-4-6-9-21/h4*4-6,8-9,18-19,22H,7,10-17,20H2,1-3H3,(H,29,30,31). The van der Waals surface area contributed by atoms with Gasteiger partial charge in [0.2, 0.25) is 23.8 Å². The largest absolute Gasteiger partial charge is 0.493 e. The first-order chi connectivity index (χ1) is 70.5. The van der Waals surface area contributed by atoms with Crippen LogP contribution in [0.1, 0.15) is 99.3 Å². The van der Waals surface area contributed by atoms with Gasteiger partial charge in [-0.15, -0.1) is 0 Å². The number of fused-ring (bicyclic) bond motifs is 4. The van der Waals surface area contributed by atoms with Crippen molar-refractivity contribution >= 4 is 90.7 Å². The molecule has 0 atom stereocenters. The second-order valence-corrected chi connectivity index (χ2v) is 39.7. The molecule has 32 nitrogen and oxygen atoms in total. The van der Waals surface area contributed by atoms with Crippen molar-refractivity contribution in [2.75, 3.05) is 283 Å². The lowest BCUT2D eigenvalue weighted by Gasteiger charge is -2.33. The molecule has 0 radical (unpaired) electrons. The zero-order valence-electron chi connectivity index (χ0n) is 87.0. The van der Waals surface area contributed by atoms with Gasteiger partial charge in [-0.3, -0.25) is 19.6 Å². The predicted octanol–water partition coefficient (Wildman–Crippen LogP) is 15.5. The summed E-state index contributed by atoms with van der Waals surface area (Å²) in [5.74, 6) is 12.2. The van der Waals surface area contributed by atoms with Gasteiger partial charge in [0, 0.05) is 227 Å². The third-order valence-electron chi connectivity index (χ3n) is 29.5. The van der Waals surface area contributed by atoms with Crippen molar-refractivity contribution in [3.63, 3.8) is 0 Å². The van der Waals surface area contributed by atoms with Crippen LogP contribution >= 0.6 is 0 Å². The summed E-state index contributed by atoms with van der Waals surface area (Å²) in [5, 5.41) is 19.0. The molecule has 4 aromatic heterocycles. The van der Waals surface area contributed by atoms with Crippen LogP contribution in [0.3, 0.4) is 0 Å². The molecule has 4 N–H and O–H groups in total. The monoisotopic (exact) mass is 1960 g/mol. The summed E-state index contributed by atoms with van der Waals surface area (Å²) in [4.78, 5) is 69.1. The summed E-state index contributed by atoms with van der Waals surface area (Å²) in [6.45, 7) is 28.5. The Morgan fingerprint density at radius 1 is 0.222 bits per heavy atom. The predicted molar refractivity (Wildman–Crippen MR) is 581 cm³/mol. The molecule has 0 amide bonds. The van der Waals surface area contributed by atoms with Crippen LogP contribution in [0.2, 0.25) is 0 Å². The molecule has 8 aliphatic rings. The van der Waals surface area contributed by atoms with Gasteiger partial charge < -0.3 is 98.4 Å². The number of benzene rings is 8. The van der Waals surface area contributed by atoms with Gasteiger partial charge in [-0.05, 0) is 178 Å². The molecule has 8 aromatic carbocycles. The maximum absolute atomic E-state index is 5.60. The van der Waals surface area contributed by atoms with E-state index in [1.807, 2.05) is 48.5 Å². The first-order valence-corrected chi connectivity index (χ1v) is 52.1. The molecule has 0 saturated carbocycles. The Balaban J connectivity index is 0.000000132. The van der Waals surface area contributed by atoms with E-state index >= 15 is 0 Å². The highest BCUT2D eigenvalue weighted by molar-refractivity contribution is 5.96. The second kappa shape index (κ2) is 50.9. The van der Waals surface area contributed by atoms with Crippen molar-refractivity contribution in [1.29, 1.82) is 0 Å². The average molecular weight is 1960 g/mol. The summed E-state index contributed by atoms with van der Waals surface area (Å²) in [6, 6.07) is 60.3. The molecule has 12 heterocycles. The van der Waals surface area contributed by atoms with E-state index in [-0.39, 0.29) is 0 Å². The van der Waals surface area contributed by atoms with E-state index in [9.17, 15) is 0 Å². The number of aromatic nitrogens is 8. The fraction of sp³-hybridized carbons (Fsp3) is 0.500. The van der Waals surface area contributed by atoms with Crippen LogP contribution in [0.25, 0.3) is 43.6 Å². The normalized spacial score (nSPS) is 18.2. The summed E-state index contributed by atoms with van der Waals surface area (Å²) in [6.07, 6.45) is 13.0. The minimum absolute atomic E-state index is 0.367. The summed E-state index contributed by atoms with van der Waals surface area (Å²) < 4.78 is 44.7. The zero-order chi connectivity index (χ0) is 99.6. The lowest BCUT2D eigenvalue weighted by molar-refractivity contribution is 0.211.